The van der Waals surface area contributed by atoms with Crippen LogP contribution in [0.25, 0.3) is 11.0 Å². The molecular formula is C21H18BrFN2O3. The molecule has 28 heavy (non-hydrogen) atoms. The molecule has 0 spiro atoms. The fraction of sp³-hybridized carbons (Fsp3) is 0.238. The molecule has 1 aromatic heterocycles. The standard InChI is InChI=1S/C21H18BrFN2O3/c22-16-7-3-5-14-13-18(28-19(14)16)21(27)25-10-4-9-24(11-12-25)20(26)15-6-1-2-8-17(15)23/h1-3,5-8,13H,4,9-12H2. The number of fused-ring (bicyclic) bond motifs is 1. The van der Waals surface area contributed by atoms with Gasteiger partial charge in [-0.05, 0) is 46.6 Å². The van der Waals surface area contributed by atoms with Crippen LogP contribution in [0.1, 0.15) is 27.3 Å². The first-order valence-corrected chi connectivity index (χ1v) is 9.85. The Morgan fingerprint density at radius 2 is 1.64 bits per heavy atom. The Hall–Kier alpha value is -2.67. The van der Waals surface area contributed by atoms with Gasteiger partial charge in [-0.3, -0.25) is 9.59 Å². The minimum absolute atomic E-state index is 0.0596. The van der Waals surface area contributed by atoms with Crippen molar-refractivity contribution < 1.29 is 18.4 Å². The van der Waals surface area contributed by atoms with Crippen LogP contribution in [0.2, 0.25) is 0 Å². The molecule has 1 saturated heterocycles. The summed E-state index contributed by atoms with van der Waals surface area (Å²) in [5.74, 6) is -0.809. The molecule has 2 aromatic carbocycles. The molecule has 1 fully saturated rings. The molecule has 144 valence electrons. The highest BCUT2D eigenvalue weighted by Crippen LogP contribution is 2.27. The van der Waals surface area contributed by atoms with E-state index in [9.17, 15) is 14.0 Å². The summed E-state index contributed by atoms with van der Waals surface area (Å²) in [7, 11) is 0. The van der Waals surface area contributed by atoms with Gasteiger partial charge in [0.05, 0.1) is 10.0 Å². The van der Waals surface area contributed by atoms with E-state index >= 15 is 0 Å². The van der Waals surface area contributed by atoms with Gasteiger partial charge in [0, 0.05) is 31.6 Å². The van der Waals surface area contributed by atoms with Gasteiger partial charge in [0.15, 0.2) is 5.76 Å². The van der Waals surface area contributed by atoms with Crippen molar-refractivity contribution >= 4 is 38.7 Å². The first-order valence-electron chi connectivity index (χ1n) is 9.06. The predicted octanol–water partition coefficient (Wildman–Crippen LogP) is 4.32. The van der Waals surface area contributed by atoms with Crippen molar-refractivity contribution in [1.82, 2.24) is 9.80 Å². The van der Waals surface area contributed by atoms with Crippen molar-refractivity contribution in [1.29, 1.82) is 0 Å². The number of amides is 2. The lowest BCUT2D eigenvalue weighted by molar-refractivity contribution is 0.0700. The highest BCUT2D eigenvalue weighted by Gasteiger charge is 2.26. The van der Waals surface area contributed by atoms with Gasteiger partial charge in [0.2, 0.25) is 0 Å². The highest BCUT2D eigenvalue weighted by molar-refractivity contribution is 9.10. The molecule has 0 N–H and O–H groups in total. The number of hydrogen-bond acceptors (Lipinski definition) is 3. The molecule has 2 amide bonds. The van der Waals surface area contributed by atoms with Crippen LogP contribution >= 0.6 is 15.9 Å². The van der Waals surface area contributed by atoms with E-state index in [1.807, 2.05) is 18.2 Å². The Bertz CT molecular complexity index is 1050. The normalized spacial score (nSPS) is 14.9. The van der Waals surface area contributed by atoms with Crippen molar-refractivity contribution in [3.63, 3.8) is 0 Å². The Labute approximate surface area is 169 Å². The molecule has 4 rings (SSSR count). The second-order valence-electron chi connectivity index (χ2n) is 6.69. The largest absolute Gasteiger partial charge is 0.450 e. The smallest absolute Gasteiger partial charge is 0.289 e. The van der Waals surface area contributed by atoms with E-state index in [2.05, 4.69) is 15.9 Å². The second kappa shape index (κ2) is 7.75. The molecule has 0 atom stereocenters. The minimum Gasteiger partial charge on any atom is -0.450 e. The topological polar surface area (TPSA) is 53.8 Å². The lowest BCUT2D eigenvalue weighted by Crippen LogP contribution is -2.37. The van der Waals surface area contributed by atoms with Crippen molar-refractivity contribution in [3.8, 4) is 0 Å². The van der Waals surface area contributed by atoms with Gasteiger partial charge >= 0.3 is 0 Å². The average Bonchev–Trinajstić information content (AvgIpc) is 2.99. The van der Waals surface area contributed by atoms with E-state index in [1.54, 1.807) is 28.0 Å². The highest BCUT2D eigenvalue weighted by atomic mass is 79.9. The number of hydrogen-bond donors (Lipinski definition) is 0. The molecule has 1 aliphatic rings. The summed E-state index contributed by atoms with van der Waals surface area (Å²) in [5, 5.41) is 0.851. The predicted molar refractivity (Wildman–Crippen MR) is 107 cm³/mol. The lowest BCUT2D eigenvalue weighted by Gasteiger charge is -2.22. The summed E-state index contributed by atoms with van der Waals surface area (Å²) < 4.78 is 20.5. The van der Waals surface area contributed by atoms with E-state index < -0.39 is 5.82 Å². The van der Waals surface area contributed by atoms with Crippen LogP contribution in [0.3, 0.4) is 0 Å². The van der Waals surface area contributed by atoms with E-state index in [4.69, 9.17) is 4.42 Å². The van der Waals surface area contributed by atoms with Crippen molar-refractivity contribution in [3.05, 3.63) is 70.1 Å². The summed E-state index contributed by atoms with van der Waals surface area (Å²) in [5.41, 5.74) is 0.696. The molecule has 0 unspecified atom stereocenters. The third-order valence-electron chi connectivity index (χ3n) is 4.88. The van der Waals surface area contributed by atoms with Gasteiger partial charge in [-0.25, -0.2) is 4.39 Å². The monoisotopic (exact) mass is 444 g/mol. The number of carbonyl (C=O) groups is 2. The number of nitrogens with zero attached hydrogens (tertiary/aromatic N) is 2. The van der Waals surface area contributed by atoms with Crippen LogP contribution in [-0.2, 0) is 0 Å². The molecule has 7 heteroatoms. The molecule has 1 aliphatic heterocycles. The Balaban J connectivity index is 1.49. The molecular weight excluding hydrogens is 427 g/mol. The van der Waals surface area contributed by atoms with Crippen LogP contribution in [0, 0.1) is 5.82 Å². The molecule has 0 bridgehead atoms. The summed E-state index contributed by atoms with van der Waals surface area (Å²) in [6.45, 7) is 1.71. The first kappa shape index (κ1) is 18.7. The van der Waals surface area contributed by atoms with E-state index in [-0.39, 0.29) is 23.1 Å². The maximum Gasteiger partial charge on any atom is 0.289 e. The molecule has 3 aromatic rings. The number of para-hydroxylation sites is 1. The van der Waals surface area contributed by atoms with E-state index in [0.717, 1.165) is 9.86 Å². The van der Waals surface area contributed by atoms with E-state index in [0.29, 0.717) is 38.2 Å². The molecule has 0 radical (unpaired) electrons. The van der Waals surface area contributed by atoms with Crippen molar-refractivity contribution in [2.45, 2.75) is 6.42 Å². The average molecular weight is 445 g/mol. The van der Waals surface area contributed by atoms with Gasteiger partial charge < -0.3 is 14.2 Å². The van der Waals surface area contributed by atoms with Gasteiger partial charge in [0.25, 0.3) is 11.8 Å². The third-order valence-corrected chi connectivity index (χ3v) is 5.51. The van der Waals surface area contributed by atoms with Gasteiger partial charge in [-0.1, -0.05) is 24.3 Å². The van der Waals surface area contributed by atoms with Gasteiger partial charge in [0.1, 0.15) is 11.4 Å². The third kappa shape index (κ3) is 3.54. The fourth-order valence-electron chi connectivity index (χ4n) is 3.42. The summed E-state index contributed by atoms with van der Waals surface area (Å²) in [4.78, 5) is 28.8. The summed E-state index contributed by atoms with van der Waals surface area (Å²) in [6.07, 6.45) is 0.621. The quantitative estimate of drug-likeness (QED) is 0.591. The zero-order chi connectivity index (χ0) is 19.7. The van der Waals surface area contributed by atoms with Crippen molar-refractivity contribution in [2.24, 2.45) is 0 Å². The van der Waals surface area contributed by atoms with E-state index in [1.165, 1.54) is 12.1 Å². The maximum atomic E-state index is 13.9. The van der Waals surface area contributed by atoms with Crippen LogP contribution in [0.4, 0.5) is 4.39 Å². The Kier molecular flexibility index (Phi) is 5.17. The molecule has 2 heterocycles. The second-order valence-corrected chi connectivity index (χ2v) is 7.54. The van der Waals surface area contributed by atoms with Crippen LogP contribution < -0.4 is 0 Å². The Morgan fingerprint density at radius 3 is 2.36 bits per heavy atom. The van der Waals surface area contributed by atoms with Crippen LogP contribution in [0.15, 0.2) is 57.4 Å². The number of carbonyl (C=O) groups excluding carboxylic acids is 2. The Morgan fingerprint density at radius 1 is 0.929 bits per heavy atom. The lowest BCUT2D eigenvalue weighted by atomic mass is 10.2. The summed E-state index contributed by atoms with van der Waals surface area (Å²) >= 11 is 3.43. The van der Waals surface area contributed by atoms with Crippen LogP contribution in [-0.4, -0.2) is 47.8 Å². The number of benzene rings is 2. The van der Waals surface area contributed by atoms with Crippen molar-refractivity contribution in [2.75, 3.05) is 26.2 Å². The minimum atomic E-state index is -0.530. The zero-order valence-corrected chi connectivity index (χ0v) is 16.6. The molecule has 0 aliphatic carbocycles. The SMILES string of the molecule is O=C(c1cc2cccc(Br)c2o1)N1CCCN(C(=O)c2ccccc2F)CC1. The first-order chi connectivity index (χ1) is 13.5. The van der Waals surface area contributed by atoms with Gasteiger partial charge in [-0.15, -0.1) is 0 Å². The fourth-order valence-corrected chi connectivity index (χ4v) is 3.88. The molecule has 5 nitrogen and oxygen atoms in total. The van der Waals surface area contributed by atoms with Crippen LogP contribution in [0.5, 0.6) is 0 Å². The summed E-state index contributed by atoms with van der Waals surface area (Å²) in [6, 6.07) is 13.3. The number of halogens is 2. The van der Waals surface area contributed by atoms with Gasteiger partial charge in [-0.2, -0.15) is 0 Å². The number of rotatable bonds is 2. The zero-order valence-electron chi connectivity index (χ0n) is 15.0. The molecule has 0 saturated carbocycles. The maximum absolute atomic E-state index is 13.9. The number of furan rings is 1.